The Kier molecular flexibility index (Phi) is 4.14. The second-order valence-corrected chi connectivity index (χ2v) is 5.29. The van der Waals surface area contributed by atoms with Crippen LogP contribution in [-0.2, 0) is 0 Å². The molecule has 0 aliphatic heterocycles. The number of carbonyl (C=O) groups is 1. The lowest BCUT2D eigenvalue weighted by Gasteiger charge is -2.19. The number of aromatic nitrogens is 1. The van der Waals surface area contributed by atoms with Crippen molar-refractivity contribution in [2.24, 2.45) is 11.7 Å². The zero-order valence-electron chi connectivity index (χ0n) is 9.73. The van der Waals surface area contributed by atoms with E-state index in [-0.39, 0.29) is 17.9 Å². The molecular formula is C12H14ClN3OS. The number of thiocarbonyl (C=S) groups is 1. The van der Waals surface area contributed by atoms with Crippen LogP contribution in [-0.4, -0.2) is 21.9 Å². The molecule has 2 rings (SSSR count). The van der Waals surface area contributed by atoms with Gasteiger partial charge in [-0.2, -0.15) is 0 Å². The molecule has 1 saturated carbocycles. The van der Waals surface area contributed by atoms with Gasteiger partial charge in [0.15, 0.2) is 0 Å². The number of hydrogen-bond donors (Lipinski definition) is 2. The third kappa shape index (κ3) is 2.97. The van der Waals surface area contributed by atoms with Crippen LogP contribution in [0.4, 0.5) is 0 Å². The molecule has 4 nitrogen and oxygen atoms in total. The minimum atomic E-state index is -0.209. The molecule has 0 spiro atoms. The average Bonchev–Trinajstić information content (AvgIpc) is 2.78. The number of rotatable bonds is 3. The summed E-state index contributed by atoms with van der Waals surface area (Å²) in [7, 11) is 0. The largest absolute Gasteiger partial charge is 0.393 e. The van der Waals surface area contributed by atoms with Crippen LogP contribution in [0.3, 0.4) is 0 Å². The molecule has 1 fully saturated rings. The van der Waals surface area contributed by atoms with E-state index in [4.69, 9.17) is 29.6 Å². The maximum atomic E-state index is 12.0. The minimum Gasteiger partial charge on any atom is -0.393 e. The molecule has 0 bridgehead atoms. The summed E-state index contributed by atoms with van der Waals surface area (Å²) in [6.07, 6.45) is 4.33. The number of amides is 1. The molecule has 2 atom stereocenters. The normalized spacial score (nSPS) is 22.7. The molecular weight excluding hydrogens is 270 g/mol. The lowest BCUT2D eigenvalue weighted by Crippen LogP contribution is -2.41. The molecule has 0 saturated heterocycles. The summed E-state index contributed by atoms with van der Waals surface area (Å²) in [5, 5.41) is 3.44. The maximum absolute atomic E-state index is 12.0. The summed E-state index contributed by atoms with van der Waals surface area (Å²) in [6, 6.07) is 3.26. The van der Waals surface area contributed by atoms with Crippen molar-refractivity contribution in [1.82, 2.24) is 10.3 Å². The number of halogens is 1. The fraction of sp³-hybridized carbons (Fsp3) is 0.417. The molecule has 18 heavy (non-hydrogen) atoms. The summed E-state index contributed by atoms with van der Waals surface area (Å²) in [5.74, 6) is -0.115. The number of nitrogens with zero attached hydrogens (tertiary/aromatic N) is 1. The van der Waals surface area contributed by atoms with Crippen LogP contribution in [0, 0.1) is 5.92 Å². The van der Waals surface area contributed by atoms with E-state index >= 15 is 0 Å². The number of carbonyl (C=O) groups excluding carboxylic acids is 1. The fourth-order valence-corrected chi connectivity index (χ4v) is 2.62. The van der Waals surface area contributed by atoms with Crippen molar-refractivity contribution in [2.75, 3.05) is 0 Å². The number of nitrogens with two attached hydrogens (primary N) is 1. The highest BCUT2D eigenvalue weighted by molar-refractivity contribution is 7.80. The van der Waals surface area contributed by atoms with E-state index < -0.39 is 0 Å². The second-order valence-electron chi connectivity index (χ2n) is 4.38. The number of nitrogens with one attached hydrogen (secondary N) is 1. The minimum absolute atomic E-state index is 0.0208. The zero-order valence-corrected chi connectivity index (χ0v) is 11.3. The van der Waals surface area contributed by atoms with Crippen LogP contribution in [0.5, 0.6) is 0 Å². The Balaban J connectivity index is 2.03. The monoisotopic (exact) mass is 283 g/mol. The standard InChI is InChI=1S/C12H14ClN3OS/c13-7-4-5-10(15-6-7)12(17)16-9-3-1-2-8(9)11(14)18/h4-6,8-9H,1-3H2,(H2,14,18)(H,16,17). The van der Waals surface area contributed by atoms with E-state index in [1.165, 1.54) is 6.20 Å². The zero-order chi connectivity index (χ0) is 13.1. The first-order valence-electron chi connectivity index (χ1n) is 5.79. The van der Waals surface area contributed by atoms with Crippen LogP contribution >= 0.6 is 23.8 Å². The molecule has 0 aromatic carbocycles. The Hall–Kier alpha value is -1.20. The molecule has 1 amide bonds. The molecule has 2 unspecified atom stereocenters. The molecule has 96 valence electrons. The van der Waals surface area contributed by atoms with Gasteiger partial charge >= 0.3 is 0 Å². The van der Waals surface area contributed by atoms with Gasteiger partial charge in [0.25, 0.3) is 5.91 Å². The van der Waals surface area contributed by atoms with E-state index in [1.54, 1.807) is 12.1 Å². The second kappa shape index (κ2) is 5.63. The van der Waals surface area contributed by atoms with E-state index in [9.17, 15) is 4.79 Å². The highest BCUT2D eigenvalue weighted by atomic mass is 35.5. The molecule has 1 aromatic rings. The van der Waals surface area contributed by atoms with Crippen molar-refractivity contribution in [3.63, 3.8) is 0 Å². The van der Waals surface area contributed by atoms with Crippen LogP contribution in [0.2, 0.25) is 5.02 Å². The Morgan fingerprint density at radius 3 is 2.89 bits per heavy atom. The summed E-state index contributed by atoms with van der Waals surface area (Å²) in [4.78, 5) is 16.4. The summed E-state index contributed by atoms with van der Waals surface area (Å²) in [5.41, 5.74) is 6.02. The van der Waals surface area contributed by atoms with Gasteiger partial charge in [0.1, 0.15) is 5.69 Å². The highest BCUT2D eigenvalue weighted by Gasteiger charge is 2.30. The van der Waals surface area contributed by atoms with Crippen molar-refractivity contribution in [3.8, 4) is 0 Å². The Bertz CT molecular complexity index is 463. The lowest BCUT2D eigenvalue weighted by atomic mass is 10.0. The van der Waals surface area contributed by atoms with Gasteiger partial charge in [0.05, 0.1) is 10.0 Å². The Labute approximate surface area is 116 Å². The van der Waals surface area contributed by atoms with Gasteiger partial charge < -0.3 is 11.1 Å². The lowest BCUT2D eigenvalue weighted by molar-refractivity contribution is 0.0929. The topological polar surface area (TPSA) is 68.0 Å². The van der Waals surface area contributed by atoms with Gasteiger partial charge in [-0.3, -0.25) is 4.79 Å². The third-order valence-corrected chi connectivity index (χ3v) is 3.68. The number of hydrogen-bond acceptors (Lipinski definition) is 3. The highest BCUT2D eigenvalue weighted by Crippen LogP contribution is 2.26. The molecule has 6 heteroatoms. The van der Waals surface area contributed by atoms with Crippen molar-refractivity contribution in [3.05, 3.63) is 29.0 Å². The quantitative estimate of drug-likeness (QED) is 0.832. The van der Waals surface area contributed by atoms with E-state index in [1.807, 2.05) is 0 Å². The van der Waals surface area contributed by atoms with Crippen molar-refractivity contribution in [1.29, 1.82) is 0 Å². The Morgan fingerprint density at radius 2 is 2.28 bits per heavy atom. The van der Waals surface area contributed by atoms with Gasteiger partial charge in [-0.1, -0.05) is 30.2 Å². The molecule has 1 aliphatic rings. The summed E-state index contributed by atoms with van der Waals surface area (Å²) < 4.78 is 0. The molecule has 1 heterocycles. The molecule has 3 N–H and O–H groups in total. The first kappa shape index (κ1) is 13.2. The predicted molar refractivity (Wildman–Crippen MR) is 74.6 cm³/mol. The van der Waals surface area contributed by atoms with Gasteiger partial charge in [-0.25, -0.2) is 4.98 Å². The first-order valence-corrected chi connectivity index (χ1v) is 6.58. The predicted octanol–water partition coefficient (Wildman–Crippen LogP) is 1.92. The fourth-order valence-electron chi connectivity index (χ4n) is 2.23. The van der Waals surface area contributed by atoms with Crippen LogP contribution in [0.15, 0.2) is 18.3 Å². The van der Waals surface area contributed by atoms with Crippen LogP contribution < -0.4 is 11.1 Å². The molecule has 0 radical (unpaired) electrons. The van der Waals surface area contributed by atoms with Gasteiger partial charge in [0.2, 0.25) is 0 Å². The van der Waals surface area contributed by atoms with Crippen molar-refractivity contribution < 1.29 is 4.79 Å². The smallest absolute Gasteiger partial charge is 0.270 e. The average molecular weight is 284 g/mol. The maximum Gasteiger partial charge on any atom is 0.270 e. The van der Waals surface area contributed by atoms with Crippen LogP contribution in [0.25, 0.3) is 0 Å². The van der Waals surface area contributed by atoms with E-state index in [0.717, 1.165) is 19.3 Å². The van der Waals surface area contributed by atoms with Crippen molar-refractivity contribution in [2.45, 2.75) is 25.3 Å². The van der Waals surface area contributed by atoms with Crippen LogP contribution in [0.1, 0.15) is 29.8 Å². The number of pyridine rings is 1. The molecule has 1 aliphatic carbocycles. The van der Waals surface area contributed by atoms with Gasteiger partial charge in [-0.15, -0.1) is 0 Å². The van der Waals surface area contributed by atoms with E-state index in [0.29, 0.717) is 15.7 Å². The summed E-state index contributed by atoms with van der Waals surface area (Å²) in [6.45, 7) is 0. The Morgan fingerprint density at radius 1 is 1.50 bits per heavy atom. The SMILES string of the molecule is NC(=S)C1CCCC1NC(=O)c1ccc(Cl)cn1. The van der Waals surface area contributed by atoms with Crippen molar-refractivity contribution >= 4 is 34.7 Å². The summed E-state index contributed by atoms with van der Waals surface area (Å²) >= 11 is 10.7. The first-order chi connectivity index (χ1) is 8.58. The molecule has 1 aromatic heterocycles. The van der Waals surface area contributed by atoms with Gasteiger partial charge in [0, 0.05) is 18.2 Å². The van der Waals surface area contributed by atoms with E-state index in [2.05, 4.69) is 10.3 Å². The van der Waals surface area contributed by atoms with Gasteiger partial charge in [-0.05, 0) is 25.0 Å². The third-order valence-electron chi connectivity index (χ3n) is 3.16.